The molecule has 3 heteroatoms. The van der Waals surface area contributed by atoms with Crippen molar-refractivity contribution >= 4 is 17.4 Å². The van der Waals surface area contributed by atoms with E-state index < -0.39 is 0 Å². The van der Waals surface area contributed by atoms with Gasteiger partial charge in [-0.15, -0.1) is 11.8 Å². The summed E-state index contributed by atoms with van der Waals surface area (Å²) in [6.07, 6.45) is 4.69. The molecule has 0 aliphatic carbocycles. The van der Waals surface area contributed by atoms with Gasteiger partial charge in [-0.2, -0.15) is 0 Å². The molecule has 0 bridgehead atoms. The van der Waals surface area contributed by atoms with Gasteiger partial charge in [-0.25, -0.2) is 0 Å². The summed E-state index contributed by atoms with van der Waals surface area (Å²) in [6.45, 7) is 4.64. The van der Waals surface area contributed by atoms with Crippen molar-refractivity contribution in [2.24, 2.45) is 5.92 Å². The highest BCUT2D eigenvalue weighted by Gasteiger charge is 2.19. The molecule has 0 spiro atoms. The van der Waals surface area contributed by atoms with E-state index in [2.05, 4.69) is 48.1 Å². The number of rotatable bonds is 4. The highest BCUT2D eigenvalue weighted by Crippen LogP contribution is 2.22. The van der Waals surface area contributed by atoms with Crippen LogP contribution in [0.5, 0.6) is 0 Å². The van der Waals surface area contributed by atoms with Gasteiger partial charge in [0.2, 0.25) is 0 Å². The molecule has 0 amide bonds. The Morgan fingerprint density at radius 2 is 1.88 bits per heavy atom. The van der Waals surface area contributed by atoms with Crippen molar-refractivity contribution in [1.29, 1.82) is 0 Å². The van der Waals surface area contributed by atoms with Crippen molar-refractivity contribution in [1.82, 2.24) is 5.32 Å². The Kier molecular flexibility index (Phi) is 4.75. The van der Waals surface area contributed by atoms with Crippen LogP contribution in [0.2, 0.25) is 0 Å². The Morgan fingerprint density at radius 1 is 1.24 bits per heavy atom. The molecule has 17 heavy (non-hydrogen) atoms. The summed E-state index contributed by atoms with van der Waals surface area (Å²) in [5.41, 5.74) is 1.24. The fourth-order valence-corrected chi connectivity index (χ4v) is 2.82. The first-order valence-electron chi connectivity index (χ1n) is 6.41. The van der Waals surface area contributed by atoms with Crippen molar-refractivity contribution < 1.29 is 0 Å². The van der Waals surface area contributed by atoms with Gasteiger partial charge < -0.3 is 10.6 Å². The lowest BCUT2D eigenvalue weighted by molar-refractivity contribution is 0.343. The van der Waals surface area contributed by atoms with Gasteiger partial charge in [0.1, 0.15) is 0 Å². The van der Waals surface area contributed by atoms with E-state index in [-0.39, 0.29) is 0 Å². The Balaban J connectivity index is 1.89. The number of nitrogens with one attached hydrogen (secondary N) is 2. The molecule has 1 aromatic rings. The molecule has 1 aliphatic heterocycles. The fourth-order valence-electron chi connectivity index (χ4n) is 2.41. The van der Waals surface area contributed by atoms with Gasteiger partial charge >= 0.3 is 0 Å². The fraction of sp³-hybridized carbons (Fsp3) is 0.571. The third kappa shape index (κ3) is 3.65. The largest absolute Gasteiger partial charge is 0.382 e. The van der Waals surface area contributed by atoms with Crippen LogP contribution in [-0.2, 0) is 0 Å². The number of hydrogen-bond acceptors (Lipinski definition) is 3. The molecule has 1 aromatic carbocycles. The standard InChI is InChI=1S/C14H22N2S/c1-11(12-7-9-15-10-8-12)16-13-3-5-14(17-2)6-4-13/h3-6,11-12,15-16H,7-10H2,1-2H3. The zero-order chi connectivity index (χ0) is 12.1. The van der Waals surface area contributed by atoms with Gasteiger partial charge in [0.25, 0.3) is 0 Å². The molecule has 94 valence electrons. The van der Waals surface area contributed by atoms with Crippen molar-refractivity contribution in [3.63, 3.8) is 0 Å². The monoisotopic (exact) mass is 250 g/mol. The van der Waals surface area contributed by atoms with Crippen LogP contribution in [0.15, 0.2) is 29.2 Å². The normalized spacial score (nSPS) is 18.9. The second kappa shape index (κ2) is 6.31. The maximum absolute atomic E-state index is 3.63. The summed E-state index contributed by atoms with van der Waals surface area (Å²) < 4.78 is 0. The third-order valence-electron chi connectivity index (χ3n) is 3.58. The first-order chi connectivity index (χ1) is 8.29. The van der Waals surface area contributed by atoms with Crippen molar-refractivity contribution in [3.05, 3.63) is 24.3 Å². The highest BCUT2D eigenvalue weighted by atomic mass is 32.2. The summed E-state index contributed by atoms with van der Waals surface area (Å²) in [5, 5.41) is 7.04. The second-order valence-corrected chi connectivity index (χ2v) is 5.63. The zero-order valence-corrected chi connectivity index (χ0v) is 11.5. The zero-order valence-electron chi connectivity index (χ0n) is 10.7. The van der Waals surface area contributed by atoms with Crippen LogP contribution in [0.3, 0.4) is 0 Å². The Bertz CT molecular complexity index is 331. The van der Waals surface area contributed by atoms with E-state index in [9.17, 15) is 0 Å². The van der Waals surface area contributed by atoms with E-state index >= 15 is 0 Å². The lowest BCUT2D eigenvalue weighted by Gasteiger charge is -2.29. The number of piperidine rings is 1. The molecule has 0 saturated carbocycles. The summed E-state index contributed by atoms with van der Waals surface area (Å²) in [6, 6.07) is 9.30. The first-order valence-corrected chi connectivity index (χ1v) is 7.63. The van der Waals surface area contributed by atoms with Gasteiger partial charge in [-0.3, -0.25) is 0 Å². The summed E-state index contributed by atoms with van der Waals surface area (Å²) in [7, 11) is 0. The average Bonchev–Trinajstić information content (AvgIpc) is 2.40. The maximum atomic E-state index is 3.63. The minimum Gasteiger partial charge on any atom is -0.382 e. The molecule has 1 unspecified atom stereocenters. The topological polar surface area (TPSA) is 24.1 Å². The Labute approximate surface area is 109 Å². The molecule has 1 saturated heterocycles. The lowest BCUT2D eigenvalue weighted by atomic mass is 9.91. The molecular weight excluding hydrogens is 228 g/mol. The average molecular weight is 250 g/mol. The summed E-state index contributed by atoms with van der Waals surface area (Å²) >= 11 is 1.79. The van der Waals surface area contributed by atoms with E-state index in [1.54, 1.807) is 11.8 Å². The Morgan fingerprint density at radius 3 is 2.47 bits per heavy atom. The lowest BCUT2D eigenvalue weighted by Crippen LogP contribution is -2.36. The predicted molar refractivity (Wildman–Crippen MR) is 76.9 cm³/mol. The maximum Gasteiger partial charge on any atom is 0.0343 e. The molecule has 1 fully saturated rings. The van der Waals surface area contributed by atoms with E-state index in [1.807, 2.05) is 0 Å². The van der Waals surface area contributed by atoms with Crippen molar-refractivity contribution in [3.8, 4) is 0 Å². The molecule has 0 aromatic heterocycles. The first kappa shape index (κ1) is 12.8. The van der Waals surface area contributed by atoms with Crippen LogP contribution >= 0.6 is 11.8 Å². The van der Waals surface area contributed by atoms with Crippen molar-refractivity contribution in [2.45, 2.75) is 30.7 Å². The van der Waals surface area contributed by atoms with Crippen molar-refractivity contribution in [2.75, 3.05) is 24.7 Å². The molecule has 1 aliphatic rings. The quantitative estimate of drug-likeness (QED) is 0.802. The molecule has 1 heterocycles. The number of hydrogen-bond donors (Lipinski definition) is 2. The minimum atomic E-state index is 0.567. The van der Waals surface area contributed by atoms with Gasteiger partial charge in [0, 0.05) is 16.6 Å². The molecule has 2 N–H and O–H groups in total. The van der Waals surface area contributed by atoms with Gasteiger partial charge in [-0.05, 0) is 69.3 Å². The van der Waals surface area contributed by atoms with Gasteiger partial charge in [-0.1, -0.05) is 0 Å². The van der Waals surface area contributed by atoms with E-state index in [4.69, 9.17) is 0 Å². The van der Waals surface area contributed by atoms with Crippen LogP contribution in [-0.4, -0.2) is 25.4 Å². The number of benzene rings is 1. The van der Waals surface area contributed by atoms with Gasteiger partial charge in [0.05, 0.1) is 0 Å². The molecule has 2 rings (SSSR count). The minimum absolute atomic E-state index is 0.567. The van der Waals surface area contributed by atoms with Gasteiger partial charge in [0.15, 0.2) is 0 Å². The summed E-state index contributed by atoms with van der Waals surface area (Å²) in [4.78, 5) is 1.32. The van der Waals surface area contributed by atoms with Crippen LogP contribution in [0.4, 0.5) is 5.69 Å². The van der Waals surface area contributed by atoms with E-state index in [1.165, 1.54) is 36.5 Å². The Hall–Kier alpha value is -0.670. The third-order valence-corrected chi connectivity index (χ3v) is 4.32. The van der Waals surface area contributed by atoms with Crippen LogP contribution in [0.25, 0.3) is 0 Å². The van der Waals surface area contributed by atoms with E-state index in [0.717, 1.165) is 5.92 Å². The molecule has 0 radical (unpaired) electrons. The van der Waals surface area contributed by atoms with Crippen LogP contribution in [0.1, 0.15) is 19.8 Å². The number of anilines is 1. The molecular formula is C14H22N2S. The van der Waals surface area contributed by atoms with Crippen LogP contribution in [0, 0.1) is 5.92 Å². The summed E-state index contributed by atoms with van der Waals surface area (Å²) in [5.74, 6) is 0.802. The highest BCUT2D eigenvalue weighted by molar-refractivity contribution is 7.98. The van der Waals surface area contributed by atoms with E-state index in [0.29, 0.717) is 6.04 Å². The number of thioether (sulfide) groups is 1. The molecule has 2 nitrogen and oxygen atoms in total. The van der Waals surface area contributed by atoms with Crippen LogP contribution < -0.4 is 10.6 Å². The predicted octanol–water partition coefficient (Wildman–Crippen LogP) is 3.21. The smallest absolute Gasteiger partial charge is 0.0343 e. The SMILES string of the molecule is CSc1ccc(NC(C)C2CCNCC2)cc1. The second-order valence-electron chi connectivity index (χ2n) is 4.75. The molecule has 1 atom stereocenters.